The molecular formula is C14H18BrN3O. The van der Waals surface area contributed by atoms with Crippen LogP contribution in [0.5, 0.6) is 0 Å². The highest BCUT2D eigenvalue weighted by Gasteiger charge is 2.11. The third kappa shape index (κ3) is 3.88. The third-order valence-corrected chi connectivity index (χ3v) is 3.54. The van der Waals surface area contributed by atoms with Crippen LogP contribution in [0, 0.1) is 6.92 Å². The molecule has 2 N–H and O–H groups in total. The van der Waals surface area contributed by atoms with E-state index < -0.39 is 0 Å². The zero-order chi connectivity index (χ0) is 13.8. The van der Waals surface area contributed by atoms with Crippen LogP contribution >= 0.6 is 15.9 Å². The van der Waals surface area contributed by atoms with Crippen molar-refractivity contribution in [2.24, 2.45) is 5.73 Å². The van der Waals surface area contributed by atoms with Gasteiger partial charge >= 0.3 is 0 Å². The first-order valence-electron chi connectivity index (χ1n) is 6.41. The first kappa shape index (κ1) is 14.2. The zero-order valence-electron chi connectivity index (χ0n) is 11.2. The third-order valence-electron chi connectivity index (χ3n) is 2.88. The number of hydrogen-bond donors (Lipinski definition) is 1. The Balaban J connectivity index is 2.08. The number of rotatable bonds is 5. The molecule has 0 fully saturated rings. The smallest absolute Gasteiger partial charge is 0.226 e. The van der Waals surface area contributed by atoms with E-state index in [9.17, 15) is 0 Å². The van der Waals surface area contributed by atoms with Gasteiger partial charge < -0.3 is 10.3 Å². The van der Waals surface area contributed by atoms with Gasteiger partial charge in [-0.25, -0.2) is 0 Å². The number of nitrogens with zero attached hydrogens (tertiary/aromatic N) is 2. The molecule has 0 saturated carbocycles. The Kier molecular flexibility index (Phi) is 4.71. The molecule has 0 bridgehead atoms. The Labute approximate surface area is 121 Å². The van der Waals surface area contributed by atoms with Crippen LogP contribution in [0.4, 0.5) is 0 Å². The molecule has 2 aromatic rings. The van der Waals surface area contributed by atoms with Gasteiger partial charge in [0.25, 0.3) is 0 Å². The average Bonchev–Trinajstić information content (AvgIpc) is 2.77. The van der Waals surface area contributed by atoms with Crippen LogP contribution in [0.25, 0.3) is 11.4 Å². The molecule has 1 heterocycles. The molecule has 0 saturated heterocycles. The van der Waals surface area contributed by atoms with Crippen molar-refractivity contribution >= 4 is 15.9 Å². The molecule has 102 valence electrons. The first-order valence-corrected chi connectivity index (χ1v) is 7.20. The molecule has 1 aromatic carbocycles. The number of aromatic nitrogens is 2. The zero-order valence-corrected chi connectivity index (χ0v) is 12.8. The molecule has 0 aliphatic carbocycles. The lowest BCUT2D eigenvalue weighted by atomic mass is 10.1. The summed E-state index contributed by atoms with van der Waals surface area (Å²) in [5.41, 5.74) is 7.86. The van der Waals surface area contributed by atoms with E-state index in [1.54, 1.807) is 0 Å². The summed E-state index contributed by atoms with van der Waals surface area (Å²) in [7, 11) is 0. The quantitative estimate of drug-likeness (QED) is 0.914. The van der Waals surface area contributed by atoms with Crippen molar-refractivity contribution in [2.75, 3.05) is 0 Å². The Morgan fingerprint density at radius 1 is 1.42 bits per heavy atom. The average molecular weight is 324 g/mol. The molecule has 0 aliphatic rings. The second-order valence-electron chi connectivity index (χ2n) is 4.86. The van der Waals surface area contributed by atoms with E-state index in [1.165, 1.54) is 5.56 Å². The molecule has 0 radical (unpaired) electrons. The van der Waals surface area contributed by atoms with E-state index in [0.29, 0.717) is 11.7 Å². The molecule has 1 atom stereocenters. The summed E-state index contributed by atoms with van der Waals surface area (Å²) in [5, 5.41) is 4.03. The molecule has 19 heavy (non-hydrogen) atoms. The van der Waals surface area contributed by atoms with E-state index in [1.807, 2.05) is 32.0 Å². The van der Waals surface area contributed by atoms with Gasteiger partial charge in [0.15, 0.2) is 0 Å². The summed E-state index contributed by atoms with van der Waals surface area (Å²) in [5.74, 6) is 1.30. The predicted octanol–water partition coefficient (Wildman–Crippen LogP) is 3.48. The maximum atomic E-state index is 5.71. The minimum Gasteiger partial charge on any atom is -0.339 e. The lowest BCUT2D eigenvalue weighted by molar-refractivity contribution is 0.373. The van der Waals surface area contributed by atoms with Crippen LogP contribution in [0.15, 0.2) is 27.2 Å². The maximum absolute atomic E-state index is 5.71. The van der Waals surface area contributed by atoms with E-state index in [-0.39, 0.29) is 6.04 Å². The fraction of sp³-hybridized carbons (Fsp3) is 0.429. The highest BCUT2D eigenvalue weighted by molar-refractivity contribution is 9.10. The topological polar surface area (TPSA) is 64.9 Å². The van der Waals surface area contributed by atoms with Crippen LogP contribution < -0.4 is 5.73 Å². The van der Waals surface area contributed by atoms with E-state index in [4.69, 9.17) is 10.3 Å². The molecular weight excluding hydrogens is 306 g/mol. The summed E-state index contributed by atoms with van der Waals surface area (Å²) in [6, 6.07) is 6.29. The van der Waals surface area contributed by atoms with Crippen molar-refractivity contribution < 1.29 is 4.52 Å². The van der Waals surface area contributed by atoms with Crippen molar-refractivity contribution in [2.45, 2.75) is 39.2 Å². The van der Waals surface area contributed by atoms with E-state index in [0.717, 1.165) is 29.3 Å². The second kappa shape index (κ2) is 6.30. The van der Waals surface area contributed by atoms with Gasteiger partial charge in [-0.1, -0.05) is 27.2 Å². The van der Waals surface area contributed by atoms with Gasteiger partial charge in [-0.3, -0.25) is 0 Å². The summed E-state index contributed by atoms with van der Waals surface area (Å²) >= 11 is 3.53. The van der Waals surface area contributed by atoms with Crippen LogP contribution in [0.1, 0.15) is 31.2 Å². The normalized spacial score (nSPS) is 12.6. The Morgan fingerprint density at radius 2 is 2.21 bits per heavy atom. The number of nitrogens with two attached hydrogens (primary N) is 1. The minimum absolute atomic E-state index is 0.216. The molecule has 2 rings (SSSR count). The summed E-state index contributed by atoms with van der Waals surface area (Å²) < 4.78 is 6.25. The summed E-state index contributed by atoms with van der Waals surface area (Å²) in [4.78, 5) is 4.42. The Morgan fingerprint density at radius 3 is 2.89 bits per heavy atom. The lowest BCUT2D eigenvalue weighted by Gasteiger charge is -2.01. The molecule has 0 amide bonds. The van der Waals surface area contributed by atoms with Gasteiger partial charge in [-0.15, -0.1) is 0 Å². The van der Waals surface area contributed by atoms with Gasteiger partial charge in [-0.2, -0.15) is 4.98 Å². The van der Waals surface area contributed by atoms with Crippen LogP contribution in [-0.4, -0.2) is 16.2 Å². The van der Waals surface area contributed by atoms with Crippen molar-refractivity contribution in [3.8, 4) is 11.4 Å². The van der Waals surface area contributed by atoms with Crippen molar-refractivity contribution in [3.63, 3.8) is 0 Å². The predicted molar refractivity (Wildman–Crippen MR) is 78.8 cm³/mol. The SMILES string of the molecule is Cc1ccc(-c2noc(CCCC(C)N)n2)c(Br)c1. The number of halogens is 1. The fourth-order valence-electron chi connectivity index (χ4n) is 1.84. The molecule has 5 heteroatoms. The van der Waals surface area contributed by atoms with E-state index >= 15 is 0 Å². The summed E-state index contributed by atoms with van der Waals surface area (Å²) in [6.07, 6.45) is 2.71. The van der Waals surface area contributed by atoms with E-state index in [2.05, 4.69) is 26.1 Å². The van der Waals surface area contributed by atoms with Crippen molar-refractivity contribution in [1.82, 2.24) is 10.1 Å². The largest absolute Gasteiger partial charge is 0.339 e. The van der Waals surface area contributed by atoms with Crippen LogP contribution in [0.2, 0.25) is 0 Å². The molecule has 1 aromatic heterocycles. The Hall–Kier alpha value is -1.20. The number of aryl methyl sites for hydroxylation is 2. The van der Waals surface area contributed by atoms with Crippen molar-refractivity contribution in [1.29, 1.82) is 0 Å². The molecule has 0 aliphatic heterocycles. The summed E-state index contributed by atoms with van der Waals surface area (Å²) in [6.45, 7) is 4.05. The second-order valence-corrected chi connectivity index (χ2v) is 5.72. The van der Waals surface area contributed by atoms with Crippen LogP contribution in [0.3, 0.4) is 0 Å². The van der Waals surface area contributed by atoms with Gasteiger partial charge in [0.05, 0.1) is 0 Å². The van der Waals surface area contributed by atoms with Gasteiger partial charge in [-0.05, 0) is 44.4 Å². The van der Waals surface area contributed by atoms with Crippen LogP contribution in [-0.2, 0) is 6.42 Å². The first-order chi connectivity index (χ1) is 9.06. The standard InChI is InChI=1S/C14H18BrN3O/c1-9-6-7-11(12(15)8-9)14-17-13(19-18-14)5-3-4-10(2)16/h6-8,10H,3-5,16H2,1-2H3. The van der Waals surface area contributed by atoms with Crippen molar-refractivity contribution in [3.05, 3.63) is 34.1 Å². The Bertz CT molecular complexity index is 551. The van der Waals surface area contributed by atoms with Gasteiger partial charge in [0.2, 0.25) is 11.7 Å². The highest BCUT2D eigenvalue weighted by Crippen LogP contribution is 2.27. The monoisotopic (exact) mass is 323 g/mol. The maximum Gasteiger partial charge on any atom is 0.226 e. The number of benzene rings is 1. The molecule has 4 nitrogen and oxygen atoms in total. The highest BCUT2D eigenvalue weighted by atomic mass is 79.9. The lowest BCUT2D eigenvalue weighted by Crippen LogP contribution is -2.14. The number of hydrogen-bond acceptors (Lipinski definition) is 4. The van der Waals surface area contributed by atoms with Gasteiger partial charge in [0.1, 0.15) is 0 Å². The fourth-order valence-corrected chi connectivity index (χ4v) is 2.51. The molecule has 0 spiro atoms. The molecule has 1 unspecified atom stereocenters. The van der Waals surface area contributed by atoms with Gasteiger partial charge in [0, 0.05) is 22.5 Å². The minimum atomic E-state index is 0.216.